The second kappa shape index (κ2) is 8.29. The fraction of sp³-hybridized carbons (Fsp3) is 0.417. The number of carbonyl (C=O) groups excluding carboxylic acids is 2. The third-order valence-corrected chi connectivity index (χ3v) is 2.64. The van der Waals surface area contributed by atoms with Crippen LogP contribution in [0.25, 0.3) is 5.53 Å². The molecule has 0 aromatic carbocycles. The number of alkyl carbamates (subject to hydrolysis) is 1. The number of hydrogen-bond donors (Lipinski definition) is 2. The van der Waals surface area contributed by atoms with Crippen molar-refractivity contribution in [1.82, 2.24) is 5.32 Å². The molecule has 0 aliphatic rings. The maximum Gasteiger partial charge on any atom is 0.519 e. The molecule has 0 aliphatic carbocycles. The van der Waals surface area contributed by atoms with Crippen LogP contribution in [-0.4, -0.2) is 40.0 Å². The van der Waals surface area contributed by atoms with Gasteiger partial charge in [0, 0.05) is 6.42 Å². The van der Waals surface area contributed by atoms with E-state index >= 15 is 0 Å². The number of amides is 1. The van der Waals surface area contributed by atoms with Crippen molar-refractivity contribution in [3.8, 4) is 0 Å². The van der Waals surface area contributed by atoms with E-state index in [1.54, 1.807) is 0 Å². The molecule has 1 heterocycles. The van der Waals surface area contributed by atoms with Crippen molar-refractivity contribution in [1.29, 1.82) is 0 Å². The van der Waals surface area contributed by atoms with Crippen LogP contribution in [-0.2, 0) is 20.9 Å². The van der Waals surface area contributed by atoms with Gasteiger partial charge in [-0.05, 0) is 13.3 Å². The molecular weight excluding hydrogens is 314 g/mol. The Morgan fingerprint density at radius 3 is 2.65 bits per heavy atom. The third kappa shape index (κ3) is 5.98. The highest BCUT2D eigenvalue weighted by molar-refractivity contribution is 6.25. The van der Waals surface area contributed by atoms with Crippen molar-refractivity contribution in [2.24, 2.45) is 0 Å². The van der Waals surface area contributed by atoms with E-state index in [9.17, 15) is 19.2 Å². The Morgan fingerprint density at radius 1 is 1.43 bits per heavy atom. The number of ketones is 1. The number of aliphatic carboxylic acids is 1. The smallest absolute Gasteiger partial charge is 0.480 e. The number of hydrogen-bond acceptors (Lipinski definition) is 7. The number of Topliss-reactive ketones (excluding diaryl/α,β-unsaturated/α-hetero) is 1. The number of ether oxygens (including phenoxy) is 1. The summed E-state index contributed by atoms with van der Waals surface area (Å²) in [4.78, 5) is 46.9. The number of carbonyl (C=O) groups is 3. The summed E-state index contributed by atoms with van der Waals surface area (Å²) >= 11 is 0. The first-order chi connectivity index (χ1) is 10.8. The van der Waals surface area contributed by atoms with Crippen LogP contribution < -0.4 is 11.1 Å². The van der Waals surface area contributed by atoms with Gasteiger partial charge in [-0.25, -0.2) is 14.4 Å². The van der Waals surface area contributed by atoms with Gasteiger partial charge in [-0.15, -0.1) is 0 Å². The molecule has 0 fully saturated rings. The minimum Gasteiger partial charge on any atom is -0.480 e. The van der Waals surface area contributed by atoms with E-state index in [1.807, 2.05) is 5.32 Å². The molecule has 1 aromatic rings. The first-order valence-electron chi connectivity index (χ1n) is 6.29. The van der Waals surface area contributed by atoms with Gasteiger partial charge < -0.3 is 29.5 Å². The quantitative estimate of drug-likeness (QED) is 0.377. The van der Waals surface area contributed by atoms with Crippen molar-refractivity contribution in [2.45, 2.75) is 32.4 Å². The summed E-state index contributed by atoms with van der Waals surface area (Å²) in [5.74, 6) is -2.81. The molecule has 124 valence electrons. The van der Waals surface area contributed by atoms with E-state index in [2.05, 4.69) is 13.6 Å². The van der Waals surface area contributed by atoms with Crippen LogP contribution in [0.5, 0.6) is 0 Å². The summed E-state index contributed by atoms with van der Waals surface area (Å²) in [5.41, 5.74) is 8.16. The van der Waals surface area contributed by atoms with E-state index in [0.29, 0.717) is 6.21 Å². The molecule has 1 atom stereocenters. The Kier molecular flexibility index (Phi) is 6.44. The number of aryl methyl sites for hydroxylation is 1. The molecule has 0 saturated carbocycles. The highest BCUT2D eigenvalue weighted by Gasteiger charge is 2.22. The van der Waals surface area contributed by atoms with Gasteiger partial charge in [-0.2, -0.15) is 4.79 Å². The van der Waals surface area contributed by atoms with Gasteiger partial charge in [0.05, 0.1) is 0 Å². The summed E-state index contributed by atoms with van der Waals surface area (Å²) in [7, 11) is 0. The maximum absolute atomic E-state index is 11.5. The van der Waals surface area contributed by atoms with E-state index in [4.69, 9.17) is 15.4 Å². The van der Waals surface area contributed by atoms with Crippen molar-refractivity contribution < 1.29 is 37.9 Å². The van der Waals surface area contributed by atoms with E-state index in [1.165, 1.54) is 6.92 Å². The molecule has 11 heteroatoms. The van der Waals surface area contributed by atoms with Crippen LogP contribution in [0.1, 0.15) is 24.4 Å². The zero-order chi connectivity index (χ0) is 17.4. The van der Waals surface area contributed by atoms with Gasteiger partial charge in [0.15, 0.2) is 18.1 Å². The summed E-state index contributed by atoms with van der Waals surface area (Å²) in [6, 6.07) is -1.38. The maximum atomic E-state index is 11.5. The highest BCUT2D eigenvalue weighted by Crippen LogP contribution is 2.07. The largest absolute Gasteiger partial charge is 0.519 e. The van der Waals surface area contributed by atoms with Crippen LogP contribution in [0.4, 0.5) is 4.79 Å². The second-order valence-electron chi connectivity index (χ2n) is 4.29. The Hall–Kier alpha value is -3.20. The van der Waals surface area contributed by atoms with E-state index in [0.717, 1.165) is 0 Å². The second-order valence-corrected chi connectivity index (χ2v) is 4.29. The number of carboxylic acids is 1. The van der Waals surface area contributed by atoms with Crippen molar-refractivity contribution >= 4 is 24.1 Å². The summed E-state index contributed by atoms with van der Waals surface area (Å²) < 4.78 is 13.9. The summed E-state index contributed by atoms with van der Waals surface area (Å²) in [5, 5.41) is 11.0. The zero-order valence-corrected chi connectivity index (χ0v) is 12.0. The molecule has 0 bridgehead atoms. The fourth-order valence-corrected chi connectivity index (χ4v) is 1.49. The number of carboxylic acid groups (broad SMARTS) is 1. The lowest BCUT2D eigenvalue weighted by Crippen LogP contribution is -2.41. The molecule has 1 aromatic heterocycles. The highest BCUT2D eigenvalue weighted by atomic mass is 16.6. The predicted octanol–water partition coefficient (Wildman–Crippen LogP) is -0.129. The normalized spacial score (nSPS) is 11.2. The zero-order valence-electron chi connectivity index (χ0n) is 12.0. The third-order valence-electron chi connectivity index (χ3n) is 2.64. The number of nitrogens with one attached hydrogen (secondary N) is 1. The van der Waals surface area contributed by atoms with Crippen LogP contribution in [0.15, 0.2) is 13.6 Å². The van der Waals surface area contributed by atoms with Gasteiger partial charge in [0.2, 0.25) is 5.78 Å². The molecule has 0 saturated heterocycles. The Morgan fingerprint density at radius 2 is 2.13 bits per heavy atom. The van der Waals surface area contributed by atoms with Crippen molar-refractivity contribution in [3.05, 3.63) is 27.7 Å². The van der Waals surface area contributed by atoms with Gasteiger partial charge in [-0.3, -0.25) is 4.79 Å². The first kappa shape index (κ1) is 17.9. The Bertz CT molecular complexity index is 697. The van der Waals surface area contributed by atoms with Gasteiger partial charge in [-0.1, -0.05) is 0 Å². The minimum atomic E-state index is -1.38. The van der Waals surface area contributed by atoms with Gasteiger partial charge in [0.25, 0.3) is 0 Å². The fourth-order valence-electron chi connectivity index (χ4n) is 1.49. The van der Waals surface area contributed by atoms with Crippen molar-refractivity contribution in [3.63, 3.8) is 0 Å². The average molecular weight is 327 g/mol. The van der Waals surface area contributed by atoms with Gasteiger partial charge >= 0.3 is 24.1 Å². The Labute approximate surface area is 128 Å². The van der Waals surface area contributed by atoms with Crippen LogP contribution in [0.3, 0.4) is 0 Å². The van der Waals surface area contributed by atoms with E-state index in [-0.39, 0.29) is 24.4 Å². The monoisotopic (exact) mass is 327 g/mol. The molecule has 1 unspecified atom stereocenters. The number of rotatable bonds is 8. The van der Waals surface area contributed by atoms with Crippen LogP contribution >= 0.6 is 0 Å². The lowest BCUT2D eigenvalue weighted by atomic mass is 10.1. The van der Waals surface area contributed by atoms with Crippen LogP contribution in [0, 0.1) is 6.92 Å². The summed E-state index contributed by atoms with van der Waals surface area (Å²) in [6.07, 6.45) is -0.934. The first-order valence-corrected chi connectivity index (χ1v) is 6.29. The molecule has 1 amide bonds. The molecule has 23 heavy (non-hydrogen) atoms. The lowest BCUT2D eigenvalue weighted by molar-refractivity contribution is -0.139. The molecule has 0 aliphatic heterocycles. The average Bonchev–Trinajstić information content (AvgIpc) is 2.79. The molecule has 0 spiro atoms. The Balaban J connectivity index is 2.52. The molecule has 1 rings (SSSR count). The molecule has 2 N–H and O–H groups in total. The minimum absolute atomic E-state index is 0.00800. The van der Waals surface area contributed by atoms with Crippen molar-refractivity contribution in [2.75, 3.05) is 0 Å². The van der Waals surface area contributed by atoms with Crippen LogP contribution in [0.2, 0.25) is 0 Å². The standard InChI is InChI=1S/C12H13N3O8/c1-6-9(23-12(20)22-6)5-21-11(19)15-8(10(17)18)3-2-7(16)4-14-13/h4,8H,2-3,5H2,1H3,(H,15,19)(H,17,18). The molecule has 0 radical (unpaired) electrons. The van der Waals surface area contributed by atoms with E-state index < -0.39 is 36.3 Å². The SMILES string of the molecule is Cc1oc(=O)oc1COC(=O)NC(CCC(=O)C=[N+]=[N-])C(=O)O. The lowest BCUT2D eigenvalue weighted by Gasteiger charge is -2.13. The topological polar surface area (TPSA) is 172 Å². The number of nitrogens with zero attached hydrogens (tertiary/aromatic N) is 2. The molecule has 11 nitrogen and oxygen atoms in total. The van der Waals surface area contributed by atoms with Gasteiger partial charge in [0.1, 0.15) is 6.04 Å². The predicted molar refractivity (Wildman–Crippen MR) is 70.6 cm³/mol. The summed E-state index contributed by atoms with van der Waals surface area (Å²) in [6.45, 7) is 1.00. The molecular formula is C12H13N3O8.